The van der Waals surface area contributed by atoms with Crippen molar-refractivity contribution in [1.29, 1.82) is 0 Å². The standard InChI is InChI=1S/C12H22N2/c1-11-9-7-5-3-4-6-8-10-12(2)14-13-11/h3-10H2,1-2H3/b13-11-,14-12+. The average Bonchev–Trinajstić information content (AvgIpc) is 2.17. The predicted octanol–water partition coefficient (Wildman–Crippen LogP) is 3.96. The van der Waals surface area contributed by atoms with Crippen LogP contribution in [-0.2, 0) is 0 Å². The summed E-state index contributed by atoms with van der Waals surface area (Å²) >= 11 is 0. The van der Waals surface area contributed by atoms with Crippen LogP contribution >= 0.6 is 0 Å². The van der Waals surface area contributed by atoms with Crippen molar-refractivity contribution in [2.75, 3.05) is 0 Å². The Kier molecular flexibility index (Phi) is 5.50. The summed E-state index contributed by atoms with van der Waals surface area (Å²) in [7, 11) is 0. The van der Waals surface area contributed by atoms with E-state index in [-0.39, 0.29) is 0 Å². The molecule has 0 aliphatic carbocycles. The molecule has 2 nitrogen and oxygen atoms in total. The fourth-order valence-corrected chi connectivity index (χ4v) is 1.74. The number of nitrogens with zero attached hydrogens (tertiary/aromatic N) is 2. The normalized spacial score (nSPS) is 29.0. The molecule has 1 rings (SSSR count). The monoisotopic (exact) mass is 194 g/mol. The van der Waals surface area contributed by atoms with Gasteiger partial charge in [0.15, 0.2) is 0 Å². The molecule has 14 heavy (non-hydrogen) atoms. The minimum Gasteiger partial charge on any atom is -0.161 e. The van der Waals surface area contributed by atoms with Gasteiger partial charge in [-0.2, -0.15) is 10.2 Å². The molecule has 0 unspecified atom stereocenters. The summed E-state index contributed by atoms with van der Waals surface area (Å²) in [5.41, 5.74) is 2.37. The van der Waals surface area contributed by atoms with E-state index in [0.717, 1.165) is 12.8 Å². The van der Waals surface area contributed by atoms with Crippen molar-refractivity contribution < 1.29 is 0 Å². The first kappa shape index (κ1) is 11.4. The third kappa shape index (κ3) is 5.15. The summed E-state index contributed by atoms with van der Waals surface area (Å²) in [6, 6.07) is 0. The molecule has 0 fully saturated rings. The Bertz CT molecular complexity index is 192. The summed E-state index contributed by atoms with van der Waals surface area (Å²) < 4.78 is 0. The molecule has 1 aliphatic rings. The summed E-state index contributed by atoms with van der Waals surface area (Å²) in [4.78, 5) is 0. The zero-order valence-electron chi connectivity index (χ0n) is 9.55. The lowest BCUT2D eigenvalue weighted by Crippen LogP contribution is -1.96. The predicted molar refractivity (Wildman–Crippen MR) is 63.2 cm³/mol. The van der Waals surface area contributed by atoms with E-state index in [1.54, 1.807) is 0 Å². The highest BCUT2D eigenvalue weighted by Gasteiger charge is 1.97. The highest BCUT2D eigenvalue weighted by Crippen LogP contribution is 2.10. The van der Waals surface area contributed by atoms with Crippen molar-refractivity contribution in [3.05, 3.63) is 0 Å². The van der Waals surface area contributed by atoms with E-state index >= 15 is 0 Å². The molecule has 0 N–H and O–H groups in total. The van der Waals surface area contributed by atoms with Gasteiger partial charge in [0.05, 0.1) is 0 Å². The Morgan fingerprint density at radius 3 is 1.43 bits per heavy atom. The van der Waals surface area contributed by atoms with Gasteiger partial charge in [0.2, 0.25) is 0 Å². The van der Waals surface area contributed by atoms with Gasteiger partial charge in [0.25, 0.3) is 0 Å². The Morgan fingerprint density at radius 1 is 0.643 bits per heavy atom. The number of hydrogen-bond acceptors (Lipinski definition) is 2. The lowest BCUT2D eigenvalue weighted by atomic mass is 10.1. The van der Waals surface area contributed by atoms with Gasteiger partial charge in [-0.3, -0.25) is 0 Å². The van der Waals surface area contributed by atoms with Gasteiger partial charge in [0, 0.05) is 11.4 Å². The van der Waals surface area contributed by atoms with Crippen LogP contribution in [0, 0.1) is 0 Å². The molecule has 80 valence electrons. The minimum atomic E-state index is 1.12. The van der Waals surface area contributed by atoms with Crippen LogP contribution in [-0.4, -0.2) is 11.4 Å². The first-order valence-corrected chi connectivity index (χ1v) is 5.85. The van der Waals surface area contributed by atoms with Gasteiger partial charge in [0.1, 0.15) is 0 Å². The van der Waals surface area contributed by atoms with Crippen molar-refractivity contribution >= 4 is 11.4 Å². The molecule has 0 aromatic carbocycles. The smallest absolute Gasteiger partial charge is 0.0375 e. The Morgan fingerprint density at radius 2 is 1.00 bits per heavy atom. The van der Waals surface area contributed by atoms with Crippen LogP contribution in [0.1, 0.15) is 65.2 Å². The van der Waals surface area contributed by atoms with Crippen LogP contribution in [0.15, 0.2) is 10.2 Å². The maximum atomic E-state index is 4.24. The van der Waals surface area contributed by atoms with Crippen LogP contribution in [0.3, 0.4) is 0 Å². The quantitative estimate of drug-likeness (QED) is 0.557. The summed E-state index contributed by atoms with van der Waals surface area (Å²) in [5.74, 6) is 0. The molecule has 0 aromatic heterocycles. The molecule has 0 bridgehead atoms. The van der Waals surface area contributed by atoms with Gasteiger partial charge in [-0.25, -0.2) is 0 Å². The minimum absolute atomic E-state index is 1.12. The molecule has 0 saturated heterocycles. The maximum absolute atomic E-state index is 4.24. The van der Waals surface area contributed by atoms with Crippen LogP contribution in [0.25, 0.3) is 0 Å². The third-order valence-electron chi connectivity index (χ3n) is 2.72. The van der Waals surface area contributed by atoms with E-state index in [1.165, 1.54) is 49.9 Å². The van der Waals surface area contributed by atoms with E-state index in [4.69, 9.17) is 0 Å². The second-order valence-electron chi connectivity index (χ2n) is 4.29. The zero-order valence-corrected chi connectivity index (χ0v) is 9.55. The lowest BCUT2D eigenvalue weighted by molar-refractivity contribution is 0.605. The van der Waals surface area contributed by atoms with Gasteiger partial charge in [-0.1, -0.05) is 25.7 Å². The van der Waals surface area contributed by atoms with Crippen molar-refractivity contribution in [2.24, 2.45) is 10.2 Å². The highest BCUT2D eigenvalue weighted by molar-refractivity contribution is 5.85. The van der Waals surface area contributed by atoms with E-state index in [1.807, 2.05) is 0 Å². The second-order valence-corrected chi connectivity index (χ2v) is 4.29. The van der Waals surface area contributed by atoms with E-state index in [9.17, 15) is 0 Å². The first-order valence-electron chi connectivity index (χ1n) is 5.85. The van der Waals surface area contributed by atoms with Crippen LogP contribution in [0.5, 0.6) is 0 Å². The number of hydrogen-bond donors (Lipinski definition) is 0. The van der Waals surface area contributed by atoms with Crippen LogP contribution in [0.2, 0.25) is 0 Å². The largest absolute Gasteiger partial charge is 0.161 e. The highest BCUT2D eigenvalue weighted by atomic mass is 15.2. The molecular formula is C12H22N2. The third-order valence-corrected chi connectivity index (χ3v) is 2.72. The molecule has 2 heteroatoms. The van der Waals surface area contributed by atoms with Crippen LogP contribution in [0.4, 0.5) is 0 Å². The van der Waals surface area contributed by atoms with E-state index in [2.05, 4.69) is 24.1 Å². The molecule has 0 saturated carbocycles. The zero-order chi connectivity index (χ0) is 10.2. The Labute approximate surface area is 87.5 Å². The van der Waals surface area contributed by atoms with Gasteiger partial charge < -0.3 is 0 Å². The van der Waals surface area contributed by atoms with Gasteiger partial charge >= 0.3 is 0 Å². The molecule has 0 radical (unpaired) electrons. The second kappa shape index (κ2) is 6.74. The summed E-state index contributed by atoms with van der Waals surface area (Å²) in [5, 5.41) is 8.49. The van der Waals surface area contributed by atoms with Crippen molar-refractivity contribution in [1.82, 2.24) is 0 Å². The van der Waals surface area contributed by atoms with Gasteiger partial charge in [-0.15, -0.1) is 0 Å². The molecule has 0 amide bonds. The van der Waals surface area contributed by atoms with Gasteiger partial charge in [-0.05, 0) is 39.5 Å². The van der Waals surface area contributed by atoms with Crippen molar-refractivity contribution in [3.8, 4) is 0 Å². The number of rotatable bonds is 0. The first-order chi connectivity index (χ1) is 6.79. The Balaban J connectivity index is 2.48. The topological polar surface area (TPSA) is 24.7 Å². The summed E-state index contributed by atoms with van der Waals surface area (Å²) in [6.07, 6.45) is 10.3. The van der Waals surface area contributed by atoms with Crippen LogP contribution < -0.4 is 0 Å². The molecule has 0 spiro atoms. The van der Waals surface area contributed by atoms with Crippen molar-refractivity contribution in [3.63, 3.8) is 0 Å². The molecule has 0 atom stereocenters. The molecule has 1 aliphatic heterocycles. The lowest BCUT2D eigenvalue weighted by Gasteiger charge is -2.04. The molecule has 0 aromatic rings. The summed E-state index contributed by atoms with van der Waals surface area (Å²) in [6.45, 7) is 4.17. The average molecular weight is 194 g/mol. The molecule has 1 heterocycles. The maximum Gasteiger partial charge on any atom is 0.0375 e. The molecular weight excluding hydrogens is 172 g/mol. The fourth-order valence-electron chi connectivity index (χ4n) is 1.74. The SMILES string of the molecule is C/C1=N/N=C(\C)CCCCCCCC1. The van der Waals surface area contributed by atoms with E-state index < -0.39 is 0 Å². The Hall–Kier alpha value is -0.660. The van der Waals surface area contributed by atoms with Crippen molar-refractivity contribution in [2.45, 2.75) is 65.2 Å². The van der Waals surface area contributed by atoms with E-state index in [0.29, 0.717) is 0 Å². The fraction of sp³-hybridized carbons (Fsp3) is 0.833.